The fourth-order valence-corrected chi connectivity index (χ4v) is 2.58. The van der Waals surface area contributed by atoms with Gasteiger partial charge in [-0.1, -0.05) is 12.1 Å². The molecule has 0 spiro atoms. The Morgan fingerprint density at radius 1 is 1.42 bits per heavy atom. The highest BCUT2D eigenvalue weighted by Gasteiger charge is 2.23. The molecule has 1 saturated heterocycles. The number of nitrogens with one attached hydrogen (secondary N) is 1. The van der Waals surface area contributed by atoms with E-state index in [1.54, 1.807) is 42.2 Å². The highest BCUT2D eigenvalue weighted by molar-refractivity contribution is 5.91. The Morgan fingerprint density at radius 2 is 2.17 bits per heavy atom. The Hall–Kier alpha value is -2.81. The number of rotatable bonds is 4. The number of benzene rings is 1. The van der Waals surface area contributed by atoms with Gasteiger partial charge in [0.05, 0.1) is 18.2 Å². The van der Waals surface area contributed by atoms with Gasteiger partial charge in [-0.15, -0.1) is 0 Å². The van der Waals surface area contributed by atoms with Crippen LogP contribution < -0.4 is 5.32 Å². The van der Waals surface area contributed by atoms with Gasteiger partial charge in [0, 0.05) is 25.2 Å². The van der Waals surface area contributed by atoms with Gasteiger partial charge in [-0.25, -0.2) is 4.79 Å². The first-order valence-electron chi connectivity index (χ1n) is 8.03. The lowest BCUT2D eigenvalue weighted by atomic mass is 10.1. The monoisotopic (exact) mass is 327 g/mol. The van der Waals surface area contributed by atoms with E-state index in [1.807, 2.05) is 0 Å². The lowest BCUT2D eigenvalue weighted by Gasteiger charge is -2.32. The molecule has 1 aliphatic rings. The third-order valence-corrected chi connectivity index (χ3v) is 3.79. The number of piperidine rings is 1. The van der Waals surface area contributed by atoms with Gasteiger partial charge in [0.2, 0.25) is 5.91 Å². The van der Waals surface area contributed by atoms with Crippen LogP contribution in [-0.2, 0) is 9.53 Å². The van der Waals surface area contributed by atoms with Crippen LogP contribution in [0.15, 0.2) is 30.3 Å². The van der Waals surface area contributed by atoms with E-state index in [0.29, 0.717) is 25.3 Å². The van der Waals surface area contributed by atoms with Gasteiger partial charge in [-0.2, -0.15) is 5.26 Å². The Bertz CT molecular complexity index is 646. The van der Waals surface area contributed by atoms with Crippen molar-refractivity contribution in [2.45, 2.75) is 25.8 Å². The summed E-state index contributed by atoms with van der Waals surface area (Å²) in [6.07, 6.45) is 4.49. The Morgan fingerprint density at radius 3 is 2.83 bits per heavy atom. The fraction of sp³-hybridized carbons (Fsp3) is 0.389. The second kappa shape index (κ2) is 8.73. The van der Waals surface area contributed by atoms with Crippen LogP contribution in [-0.4, -0.2) is 42.6 Å². The molecule has 2 amide bonds. The molecule has 1 aliphatic heterocycles. The zero-order valence-electron chi connectivity index (χ0n) is 13.7. The average molecular weight is 327 g/mol. The number of carbonyl (C=O) groups excluding carboxylic acids is 2. The zero-order chi connectivity index (χ0) is 17.4. The zero-order valence-corrected chi connectivity index (χ0v) is 13.7. The molecule has 1 atom stereocenters. The van der Waals surface area contributed by atoms with Crippen molar-refractivity contribution >= 4 is 18.1 Å². The van der Waals surface area contributed by atoms with Gasteiger partial charge in [0.25, 0.3) is 0 Å². The number of nitrogens with zero attached hydrogens (tertiary/aromatic N) is 2. The standard InChI is InChI=1S/C18H21N3O3/c1-2-24-18(23)20-16-4-3-11-21(13-16)17(22)10-9-14-5-7-15(12-19)8-6-14/h5-10,16H,2-4,11,13H2,1H3,(H,20,23)/b10-9+/t16-/m1/s1. The van der Waals surface area contributed by atoms with Crippen LogP contribution >= 0.6 is 0 Å². The van der Waals surface area contributed by atoms with Gasteiger partial charge < -0.3 is 15.0 Å². The van der Waals surface area contributed by atoms with Gasteiger partial charge in [-0.05, 0) is 43.5 Å². The van der Waals surface area contributed by atoms with Crippen molar-refractivity contribution in [3.8, 4) is 6.07 Å². The maximum Gasteiger partial charge on any atom is 0.407 e. The molecule has 126 valence electrons. The molecule has 24 heavy (non-hydrogen) atoms. The summed E-state index contributed by atoms with van der Waals surface area (Å²) >= 11 is 0. The van der Waals surface area contributed by atoms with E-state index >= 15 is 0 Å². The minimum absolute atomic E-state index is 0.0786. The van der Waals surface area contributed by atoms with Crippen LogP contribution in [0, 0.1) is 11.3 Å². The SMILES string of the molecule is CCOC(=O)N[C@@H]1CCCN(C(=O)/C=C/c2ccc(C#N)cc2)C1. The van der Waals surface area contributed by atoms with Crippen molar-refractivity contribution in [3.63, 3.8) is 0 Å². The maximum absolute atomic E-state index is 12.3. The van der Waals surface area contributed by atoms with Crippen LogP contribution in [0.4, 0.5) is 4.79 Å². The second-order valence-electron chi connectivity index (χ2n) is 5.56. The number of nitriles is 1. The fourth-order valence-electron chi connectivity index (χ4n) is 2.58. The van der Waals surface area contributed by atoms with E-state index in [9.17, 15) is 9.59 Å². The van der Waals surface area contributed by atoms with Gasteiger partial charge >= 0.3 is 6.09 Å². The molecule has 1 aromatic carbocycles. The molecule has 0 aliphatic carbocycles. The van der Waals surface area contributed by atoms with Crippen LogP contribution in [0.2, 0.25) is 0 Å². The summed E-state index contributed by atoms with van der Waals surface area (Å²) in [5, 5.41) is 11.6. The smallest absolute Gasteiger partial charge is 0.407 e. The molecule has 0 aromatic heterocycles. The van der Waals surface area contributed by atoms with Crippen molar-refractivity contribution in [2.75, 3.05) is 19.7 Å². The minimum atomic E-state index is -0.440. The van der Waals surface area contributed by atoms with E-state index in [4.69, 9.17) is 10.00 Å². The summed E-state index contributed by atoms with van der Waals surface area (Å²) in [6, 6.07) is 8.99. The maximum atomic E-state index is 12.3. The normalized spacial score (nSPS) is 17.3. The first kappa shape index (κ1) is 17.5. The Kier molecular flexibility index (Phi) is 6.38. The number of likely N-dealkylation sites (tertiary alicyclic amines) is 1. The van der Waals surface area contributed by atoms with Gasteiger partial charge in [0.1, 0.15) is 0 Å². The summed E-state index contributed by atoms with van der Waals surface area (Å²) in [4.78, 5) is 25.5. The lowest BCUT2D eigenvalue weighted by Crippen LogP contribution is -2.49. The van der Waals surface area contributed by atoms with E-state index in [-0.39, 0.29) is 11.9 Å². The largest absolute Gasteiger partial charge is 0.450 e. The number of carbonyl (C=O) groups is 2. The van der Waals surface area contributed by atoms with Gasteiger partial charge in [0.15, 0.2) is 0 Å². The van der Waals surface area contributed by atoms with E-state index < -0.39 is 6.09 Å². The molecule has 0 unspecified atom stereocenters. The first-order valence-corrected chi connectivity index (χ1v) is 8.03. The van der Waals surface area contributed by atoms with Crippen molar-refractivity contribution in [1.82, 2.24) is 10.2 Å². The van der Waals surface area contributed by atoms with Crippen LogP contribution in [0.5, 0.6) is 0 Å². The molecule has 1 heterocycles. The summed E-state index contributed by atoms with van der Waals surface area (Å²) in [7, 11) is 0. The van der Waals surface area contributed by atoms with Crippen molar-refractivity contribution < 1.29 is 14.3 Å². The topological polar surface area (TPSA) is 82.4 Å². The molecule has 6 heteroatoms. The van der Waals surface area contributed by atoms with Crippen molar-refractivity contribution in [2.24, 2.45) is 0 Å². The number of hydrogen-bond acceptors (Lipinski definition) is 4. The quantitative estimate of drug-likeness (QED) is 0.860. The summed E-state index contributed by atoms with van der Waals surface area (Å²) in [5.41, 5.74) is 1.45. The van der Waals surface area contributed by atoms with E-state index in [2.05, 4.69) is 11.4 Å². The molecular formula is C18H21N3O3. The highest BCUT2D eigenvalue weighted by atomic mass is 16.5. The molecule has 1 N–H and O–H groups in total. The Labute approximate surface area is 141 Å². The number of ether oxygens (including phenoxy) is 1. The third-order valence-electron chi connectivity index (χ3n) is 3.79. The second-order valence-corrected chi connectivity index (χ2v) is 5.56. The average Bonchev–Trinajstić information content (AvgIpc) is 2.60. The molecule has 6 nitrogen and oxygen atoms in total. The summed E-state index contributed by atoms with van der Waals surface area (Å²) in [6.45, 7) is 3.24. The molecular weight excluding hydrogens is 306 g/mol. The molecule has 2 rings (SSSR count). The predicted octanol–water partition coefficient (Wildman–Crippen LogP) is 2.31. The molecule has 1 aromatic rings. The number of alkyl carbamates (subject to hydrolysis) is 1. The minimum Gasteiger partial charge on any atom is -0.450 e. The molecule has 0 bridgehead atoms. The Balaban J connectivity index is 1.90. The third kappa shape index (κ3) is 5.13. The first-order chi connectivity index (χ1) is 11.6. The van der Waals surface area contributed by atoms with E-state index in [0.717, 1.165) is 18.4 Å². The lowest BCUT2D eigenvalue weighted by molar-refractivity contribution is -0.127. The summed E-state index contributed by atoms with van der Waals surface area (Å²) in [5.74, 6) is -0.0882. The van der Waals surface area contributed by atoms with E-state index in [1.165, 1.54) is 6.08 Å². The molecule has 0 saturated carbocycles. The number of amides is 2. The number of hydrogen-bond donors (Lipinski definition) is 1. The highest BCUT2D eigenvalue weighted by Crippen LogP contribution is 2.12. The van der Waals surface area contributed by atoms with Crippen LogP contribution in [0.1, 0.15) is 30.9 Å². The predicted molar refractivity (Wildman–Crippen MR) is 90.0 cm³/mol. The summed E-state index contributed by atoms with van der Waals surface area (Å²) < 4.78 is 4.87. The van der Waals surface area contributed by atoms with Crippen LogP contribution in [0.3, 0.4) is 0 Å². The van der Waals surface area contributed by atoms with Crippen LogP contribution in [0.25, 0.3) is 6.08 Å². The molecule has 0 radical (unpaired) electrons. The van der Waals surface area contributed by atoms with Crippen molar-refractivity contribution in [3.05, 3.63) is 41.5 Å². The molecule has 1 fully saturated rings. The van der Waals surface area contributed by atoms with Crippen molar-refractivity contribution in [1.29, 1.82) is 5.26 Å². The van der Waals surface area contributed by atoms with Gasteiger partial charge in [-0.3, -0.25) is 4.79 Å².